The van der Waals surface area contributed by atoms with Gasteiger partial charge in [-0.2, -0.15) is 0 Å². The first-order chi connectivity index (χ1) is 6.20. The zero-order valence-electron chi connectivity index (χ0n) is 9.14. The van der Waals surface area contributed by atoms with Crippen LogP contribution in [-0.4, -0.2) is 37.6 Å². The SMILES string of the molecule is C#CCN(CC)CCNCC(C)C. The number of terminal acetylenes is 1. The molecule has 2 heteroatoms. The number of nitrogens with one attached hydrogen (secondary N) is 1. The minimum atomic E-state index is 0.725. The standard InChI is InChI=1S/C11H22N2/c1-5-8-13(6-2)9-7-12-10-11(3)4/h1,11-12H,6-10H2,2-4H3. The zero-order valence-corrected chi connectivity index (χ0v) is 9.14. The third-order valence-electron chi connectivity index (χ3n) is 1.92. The summed E-state index contributed by atoms with van der Waals surface area (Å²) in [6.45, 7) is 11.5. The van der Waals surface area contributed by atoms with E-state index >= 15 is 0 Å². The van der Waals surface area contributed by atoms with Crippen LogP contribution >= 0.6 is 0 Å². The van der Waals surface area contributed by atoms with Gasteiger partial charge < -0.3 is 5.32 Å². The van der Waals surface area contributed by atoms with Crippen molar-refractivity contribution in [2.45, 2.75) is 20.8 Å². The molecule has 0 saturated heterocycles. The maximum Gasteiger partial charge on any atom is 0.0599 e. The van der Waals surface area contributed by atoms with Gasteiger partial charge in [-0.15, -0.1) is 6.42 Å². The predicted molar refractivity (Wildman–Crippen MR) is 58.7 cm³/mol. The highest BCUT2D eigenvalue weighted by molar-refractivity contribution is 4.87. The molecule has 0 aromatic heterocycles. The molecule has 0 aliphatic carbocycles. The Labute approximate surface area is 82.7 Å². The Morgan fingerprint density at radius 1 is 1.46 bits per heavy atom. The Balaban J connectivity index is 3.34. The number of likely N-dealkylation sites (N-methyl/N-ethyl adjacent to an activating group) is 1. The quantitative estimate of drug-likeness (QED) is 0.470. The Morgan fingerprint density at radius 2 is 2.15 bits per heavy atom. The predicted octanol–water partition coefficient (Wildman–Crippen LogP) is 1.19. The van der Waals surface area contributed by atoms with Crippen molar-refractivity contribution in [3.8, 4) is 12.3 Å². The second-order valence-corrected chi connectivity index (χ2v) is 3.67. The molecular formula is C11H22N2. The normalized spacial score (nSPS) is 10.8. The van der Waals surface area contributed by atoms with Crippen LogP contribution in [0.25, 0.3) is 0 Å². The summed E-state index contributed by atoms with van der Waals surface area (Å²) in [4.78, 5) is 2.26. The fraction of sp³-hybridized carbons (Fsp3) is 0.818. The molecule has 0 atom stereocenters. The molecule has 0 heterocycles. The lowest BCUT2D eigenvalue weighted by Crippen LogP contribution is -2.33. The van der Waals surface area contributed by atoms with E-state index in [-0.39, 0.29) is 0 Å². The molecule has 0 aliphatic rings. The molecule has 0 spiro atoms. The van der Waals surface area contributed by atoms with Crippen LogP contribution in [0, 0.1) is 18.3 Å². The van der Waals surface area contributed by atoms with E-state index in [2.05, 4.69) is 36.9 Å². The maximum absolute atomic E-state index is 5.25. The van der Waals surface area contributed by atoms with Gasteiger partial charge in [0.05, 0.1) is 6.54 Å². The van der Waals surface area contributed by atoms with Crippen molar-refractivity contribution >= 4 is 0 Å². The smallest absolute Gasteiger partial charge is 0.0599 e. The van der Waals surface area contributed by atoms with E-state index in [1.54, 1.807) is 0 Å². The number of nitrogens with zero attached hydrogens (tertiary/aromatic N) is 1. The molecular weight excluding hydrogens is 160 g/mol. The summed E-state index contributed by atoms with van der Waals surface area (Å²) in [5, 5.41) is 3.40. The van der Waals surface area contributed by atoms with Crippen LogP contribution in [0.5, 0.6) is 0 Å². The average Bonchev–Trinajstić information content (AvgIpc) is 2.10. The minimum Gasteiger partial charge on any atom is -0.315 e. The molecule has 0 radical (unpaired) electrons. The lowest BCUT2D eigenvalue weighted by molar-refractivity contribution is 0.319. The van der Waals surface area contributed by atoms with Crippen molar-refractivity contribution < 1.29 is 0 Å². The van der Waals surface area contributed by atoms with Gasteiger partial charge in [0.15, 0.2) is 0 Å². The van der Waals surface area contributed by atoms with Crippen molar-refractivity contribution in [3.05, 3.63) is 0 Å². The fourth-order valence-electron chi connectivity index (χ4n) is 1.11. The summed E-state index contributed by atoms with van der Waals surface area (Å²) >= 11 is 0. The van der Waals surface area contributed by atoms with Gasteiger partial charge in [-0.1, -0.05) is 26.7 Å². The molecule has 76 valence electrons. The van der Waals surface area contributed by atoms with Crippen molar-refractivity contribution in [2.75, 3.05) is 32.7 Å². The largest absolute Gasteiger partial charge is 0.315 e. The topological polar surface area (TPSA) is 15.3 Å². The zero-order chi connectivity index (χ0) is 10.1. The van der Waals surface area contributed by atoms with Gasteiger partial charge in [-0.05, 0) is 19.0 Å². The number of rotatable bonds is 7. The van der Waals surface area contributed by atoms with Gasteiger partial charge in [0.1, 0.15) is 0 Å². The molecule has 0 fully saturated rings. The van der Waals surface area contributed by atoms with Crippen molar-refractivity contribution in [3.63, 3.8) is 0 Å². The highest BCUT2D eigenvalue weighted by Gasteiger charge is 1.99. The molecule has 0 aliphatic heterocycles. The van der Waals surface area contributed by atoms with Crippen molar-refractivity contribution in [2.24, 2.45) is 5.92 Å². The van der Waals surface area contributed by atoms with Crippen LogP contribution in [0.1, 0.15) is 20.8 Å². The van der Waals surface area contributed by atoms with Gasteiger partial charge in [0, 0.05) is 13.1 Å². The second-order valence-electron chi connectivity index (χ2n) is 3.67. The Hall–Kier alpha value is -0.520. The van der Waals surface area contributed by atoms with Crippen LogP contribution in [0.4, 0.5) is 0 Å². The molecule has 13 heavy (non-hydrogen) atoms. The fourth-order valence-corrected chi connectivity index (χ4v) is 1.11. The second kappa shape index (κ2) is 8.10. The Morgan fingerprint density at radius 3 is 2.62 bits per heavy atom. The average molecular weight is 182 g/mol. The first kappa shape index (κ1) is 12.5. The van der Waals surface area contributed by atoms with E-state index in [0.717, 1.165) is 38.6 Å². The molecule has 0 rings (SSSR count). The van der Waals surface area contributed by atoms with E-state index in [1.165, 1.54) is 0 Å². The summed E-state index contributed by atoms with van der Waals surface area (Å²) in [7, 11) is 0. The number of hydrogen-bond donors (Lipinski definition) is 1. The van der Waals surface area contributed by atoms with Crippen LogP contribution < -0.4 is 5.32 Å². The van der Waals surface area contributed by atoms with E-state index < -0.39 is 0 Å². The van der Waals surface area contributed by atoms with E-state index in [0.29, 0.717) is 0 Å². The molecule has 0 bridgehead atoms. The van der Waals surface area contributed by atoms with Crippen LogP contribution in [0.2, 0.25) is 0 Å². The maximum atomic E-state index is 5.25. The Kier molecular flexibility index (Phi) is 7.77. The van der Waals surface area contributed by atoms with Crippen LogP contribution in [-0.2, 0) is 0 Å². The molecule has 0 aromatic carbocycles. The third-order valence-corrected chi connectivity index (χ3v) is 1.92. The molecule has 0 aromatic rings. The van der Waals surface area contributed by atoms with Gasteiger partial charge in [0.2, 0.25) is 0 Å². The summed E-state index contributed by atoms with van der Waals surface area (Å²) in [6.07, 6.45) is 5.25. The highest BCUT2D eigenvalue weighted by atomic mass is 15.1. The highest BCUT2D eigenvalue weighted by Crippen LogP contribution is 1.88. The summed E-state index contributed by atoms with van der Waals surface area (Å²) in [5.74, 6) is 3.39. The van der Waals surface area contributed by atoms with E-state index in [1.807, 2.05) is 0 Å². The molecule has 1 N–H and O–H groups in total. The summed E-state index contributed by atoms with van der Waals surface area (Å²) < 4.78 is 0. The van der Waals surface area contributed by atoms with E-state index in [9.17, 15) is 0 Å². The summed E-state index contributed by atoms with van der Waals surface area (Å²) in [6, 6.07) is 0. The molecule has 2 nitrogen and oxygen atoms in total. The van der Waals surface area contributed by atoms with Gasteiger partial charge >= 0.3 is 0 Å². The first-order valence-electron chi connectivity index (χ1n) is 5.07. The molecule has 0 unspecified atom stereocenters. The summed E-state index contributed by atoms with van der Waals surface area (Å²) in [5.41, 5.74) is 0. The van der Waals surface area contributed by atoms with Crippen LogP contribution in [0.15, 0.2) is 0 Å². The monoisotopic (exact) mass is 182 g/mol. The molecule has 0 amide bonds. The Bertz CT molecular complexity index is 147. The minimum absolute atomic E-state index is 0.725. The van der Waals surface area contributed by atoms with Crippen molar-refractivity contribution in [1.82, 2.24) is 10.2 Å². The van der Waals surface area contributed by atoms with Crippen molar-refractivity contribution in [1.29, 1.82) is 0 Å². The third kappa shape index (κ3) is 7.83. The molecule has 0 saturated carbocycles. The van der Waals surface area contributed by atoms with Crippen LogP contribution in [0.3, 0.4) is 0 Å². The number of hydrogen-bond acceptors (Lipinski definition) is 2. The van der Waals surface area contributed by atoms with Gasteiger partial charge in [-0.3, -0.25) is 4.90 Å². The van der Waals surface area contributed by atoms with Gasteiger partial charge in [0.25, 0.3) is 0 Å². The van der Waals surface area contributed by atoms with Gasteiger partial charge in [-0.25, -0.2) is 0 Å². The van der Waals surface area contributed by atoms with E-state index in [4.69, 9.17) is 6.42 Å². The first-order valence-corrected chi connectivity index (χ1v) is 5.07. The lowest BCUT2D eigenvalue weighted by atomic mass is 10.2. The lowest BCUT2D eigenvalue weighted by Gasteiger charge is -2.17.